The van der Waals surface area contributed by atoms with Gasteiger partial charge in [-0.15, -0.1) is 0 Å². The molecule has 0 bridgehead atoms. The van der Waals surface area contributed by atoms with Crippen molar-refractivity contribution in [1.29, 1.82) is 0 Å². The van der Waals surface area contributed by atoms with Crippen LogP contribution in [0.2, 0.25) is 0 Å². The third-order valence-corrected chi connectivity index (χ3v) is 4.09. The zero-order chi connectivity index (χ0) is 11.8. The van der Waals surface area contributed by atoms with Gasteiger partial charge < -0.3 is 5.32 Å². The molecule has 1 saturated carbocycles. The number of nitrogens with zero attached hydrogens (tertiary/aromatic N) is 1. The Hall–Kier alpha value is -1.06. The molecule has 0 radical (unpaired) electrons. The van der Waals surface area contributed by atoms with Gasteiger partial charge in [0.25, 0.3) is 5.91 Å². The lowest BCUT2D eigenvalue weighted by atomic mass is 9.92. The van der Waals surface area contributed by atoms with E-state index in [2.05, 4.69) is 5.32 Å². The molecular weight excluding hydrogens is 204 g/mol. The van der Waals surface area contributed by atoms with Gasteiger partial charge >= 0.3 is 6.03 Å². The van der Waals surface area contributed by atoms with Crippen molar-refractivity contribution in [1.82, 2.24) is 10.2 Å². The summed E-state index contributed by atoms with van der Waals surface area (Å²) in [5.41, 5.74) is -0.625. The Morgan fingerprint density at radius 1 is 1.25 bits per heavy atom. The quantitative estimate of drug-likeness (QED) is 0.746. The van der Waals surface area contributed by atoms with E-state index < -0.39 is 5.54 Å². The third-order valence-electron chi connectivity index (χ3n) is 4.09. The van der Waals surface area contributed by atoms with Gasteiger partial charge in [0.2, 0.25) is 0 Å². The SMILES string of the molecule is CCC1(CC)NC(=O)N(C2CCCC2)C1=O. The first-order chi connectivity index (χ1) is 7.64. The molecule has 0 aromatic heterocycles. The number of hydrogen-bond donors (Lipinski definition) is 1. The van der Waals surface area contributed by atoms with E-state index in [1.54, 1.807) is 0 Å². The maximum Gasteiger partial charge on any atom is 0.325 e. The van der Waals surface area contributed by atoms with E-state index >= 15 is 0 Å². The average Bonchev–Trinajstić information content (AvgIpc) is 2.86. The van der Waals surface area contributed by atoms with Crippen LogP contribution in [0.1, 0.15) is 52.4 Å². The van der Waals surface area contributed by atoms with Crippen molar-refractivity contribution < 1.29 is 9.59 Å². The second-order valence-electron chi connectivity index (χ2n) is 4.83. The molecule has 0 atom stereocenters. The Balaban J connectivity index is 2.21. The molecule has 4 heteroatoms. The summed E-state index contributed by atoms with van der Waals surface area (Å²) in [4.78, 5) is 25.7. The molecule has 2 fully saturated rings. The van der Waals surface area contributed by atoms with Crippen molar-refractivity contribution in [3.8, 4) is 0 Å². The number of amides is 3. The lowest BCUT2D eigenvalue weighted by Gasteiger charge is -2.25. The maximum absolute atomic E-state index is 12.3. The fourth-order valence-electron chi connectivity index (χ4n) is 2.86. The molecule has 1 aliphatic heterocycles. The minimum Gasteiger partial charge on any atom is -0.323 e. The second kappa shape index (κ2) is 4.07. The van der Waals surface area contributed by atoms with Gasteiger partial charge in [-0.2, -0.15) is 0 Å². The predicted octanol–water partition coefficient (Wildman–Crippen LogP) is 2.04. The van der Waals surface area contributed by atoms with Crippen LogP contribution in [0.3, 0.4) is 0 Å². The van der Waals surface area contributed by atoms with Crippen LogP contribution in [0.5, 0.6) is 0 Å². The zero-order valence-electron chi connectivity index (χ0n) is 10.1. The summed E-state index contributed by atoms with van der Waals surface area (Å²) in [6.07, 6.45) is 5.57. The highest BCUT2D eigenvalue weighted by Gasteiger charge is 2.51. The van der Waals surface area contributed by atoms with Crippen LogP contribution >= 0.6 is 0 Å². The molecule has 1 aliphatic carbocycles. The Morgan fingerprint density at radius 2 is 1.81 bits per heavy atom. The van der Waals surface area contributed by atoms with Crippen molar-refractivity contribution in [2.45, 2.75) is 64.0 Å². The first-order valence-corrected chi connectivity index (χ1v) is 6.30. The fraction of sp³-hybridized carbons (Fsp3) is 0.833. The average molecular weight is 224 g/mol. The van der Waals surface area contributed by atoms with Crippen molar-refractivity contribution >= 4 is 11.9 Å². The maximum atomic E-state index is 12.3. The van der Waals surface area contributed by atoms with Crippen molar-refractivity contribution in [2.24, 2.45) is 0 Å². The monoisotopic (exact) mass is 224 g/mol. The van der Waals surface area contributed by atoms with Gasteiger partial charge in [-0.3, -0.25) is 9.69 Å². The van der Waals surface area contributed by atoms with Crippen molar-refractivity contribution in [2.75, 3.05) is 0 Å². The molecule has 16 heavy (non-hydrogen) atoms. The van der Waals surface area contributed by atoms with E-state index in [9.17, 15) is 9.59 Å². The molecular formula is C12H20N2O2. The topological polar surface area (TPSA) is 49.4 Å². The summed E-state index contributed by atoms with van der Waals surface area (Å²) in [7, 11) is 0. The van der Waals surface area contributed by atoms with E-state index in [4.69, 9.17) is 0 Å². The number of urea groups is 1. The molecule has 4 nitrogen and oxygen atoms in total. The van der Waals surface area contributed by atoms with Gasteiger partial charge in [0, 0.05) is 6.04 Å². The molecule has 2 aliphatic rings. The Morgan fingerprint density at radius 3 is 2.25 bits per heavy atom. The largest absolute Gasteiger partial charge is 0.325 e. The fourth-order valence-corrected chi connectivity index (χ4v) is 2.86. The molecule has 3 amide bonds. The van der Waals surface area contributed by atoms with Gasteiger partial charge in [-0.05, 0) is 25.7 Å². The highest BCUT2D eigenvalue weighted by Crippen LogP contribution is 2.31. The van der Waals surface area contributed by atoms with E-state index in [-0.39, 0.29) is 18.0 Å². The number of carbonyl (C=O) groups is 2. The smallest absolute Gasteiger partial charge is 0.323 e. The number of nitrogens with one attached hydrogen (secondary N) is 1. The summed E-state index contributed by atoms with van der Waals surface area (Å²) >= 11 is 0. The van der Waals surface area contributed by atoms with Crippen LogP contribution in [0.4, 0.5) is 4.79 Å². The van der Waals surface area contributed by atoms with Crippen LogP contribution in [-0.2, 0) is 4.79 Å². The summed E-state index contributed by atoms with van der Waals surface area (Å²) in [5.74, 6) is -0.00519. The molecule has 0 aromatic carbocycles. The van der Waals surface area contributed by atoms with Gasteiger partial charge in [0.1, 0.15) is 5.54 Å². The first-order valence-electron chi connectivity index (χ1n) is 6.30. The van der Waals surface area contributed by atoms with Gasteiger partial charge in [-0.25, -0.2) is 4.79 Å². The second-order valence-corrected chi connectivity index (χ2v) is 4.83. The molecule has 2 rings (SSSR count). The molecule has 90 valence electrons. The van der Waals surface area contributed by atoms with E-state index in [1.165, 1.54) is 4.90 Å². The minimum absolute atomic E-state index is 0.00519. The molecule has 0 aromatic rings. The predicted molar refractivity (Wildman–Crippen MR) is 60.9 cm³/mol. The van der Waals surface area contributed by atoms with Crippen LogP contribution < -0.4 is 5.32 Å². The van der Waals surface area contributed by atoms with E-state index in [1.807, 2.05) is 13.8 Å². The van der Waals surface area contributed by atoms with Crippen LogP contribution in [0.15, 0.2) is 0 Å². The van der Waals surface area contributed by atoms with E-state index in [0.717, 1.165) is 25.7 Å². The standard InChI is InChI=1S/C12H20N2O2/c1-3-12(4-2)10(15)14(11(16)13-12)9-7-5-6-8-9/h9H,3-8H2,1-2H3,(H,13,16). The highest BCUT2D eigenvalue weighted by molar-refractivity contribution is 6.07. The first kappa shape index (κ1) is 11.4. The van der Waals surface area contributed by atoms with Crippen LogP contribution in [0, 0.1) is 0 Å². The minimum atomic E-state index is -0.625. The number of rotatable bonds is 3. The van der Waals surface area contributed by atoms with Crippen molar-refractivity contribution in [3.63, 3.8) is 0 Å². The summed E-state index contributed by atoms with van der Waals surface area (Å²) in [6, 6.07) is -0.0342. The number of imide groups is 1. The normalized spacial score (nSPS) is 25.2. The lowest BCUT2D eigenvalue weighted by molar-refractivity contribution is -0.133. The number of hydrogen-bond acceptors (Lipinski definition) is 2. The number of carbonyl (C=O) groups excluding carboxylic acids is 2. The summed E-state index contributed by atoms with van der Waals surface area (Å²) < 4.78 is 0. The third kappa shape index (κ3) is 1.51. The van der Waals surface area contributed by atoms with Crippen LogP contribution in [-0.4, -0.2) is 28.4 Å². The lowest BCUT2D eigenvalue weighted by Crippen LogP contribution is -2.46. The molecule has 0 spiro atoms. The van der Waals surface area contributed by atoms with Gasteiger partial charge in [0.15, 0.2) is 0 Å². The Bertz CT molecular complexity index is 304. The zero-order valence-corrected chi connectivity index (χ0v) is 10.1. The summed E-state index contributed by atoms with van der Waals surface area (Å²) in [6.45, 7) is 3.92. The van der Waals surface area contributed by atoms with Crippen LogP contribution in [0.25, 0.3) is 0 Å². The van der Waals surface area contributed by atoms with Gasteiger partial charge in [-0.1, -0.05) is 26.7 Å². The van der Waals surface area contributed by atoms with Crippen molar-refractivity contribution in [3.05, 3.63) is 0 Å². The Kier molecular flexibility index (Phi) is 2.91. The van der Waals surface area contributed by atoms with Gasteiger partial charge in [0.05, 0.1) is 0 Å². The summed E-state index contributed by atoms with van der Waals surface area (Å²) in [5, 5.41) is 2.88. The highest BCUT2D eigenvalue weighted by atomic mass is 16.2. The van der Waals surface area contributed by atoms with E-state index in [0.29, 0.717) is 12.8 Å². The molecule has 1 heterocycles. The Labute approximate surface area is 96.4 Å². The molecule has 1 saturated heterocycles. The molecule has 0 unspecified atom stereocenters. The molecule has 1 N–H and O–H groups in total.